The Labute approximate surface area is 102 Å². The zero-order chi connectivity index (χ0) is 14.2. The molecule has 0 aromatic carbocycles. The predicted molar refractivity (Wildman–Crippen MR) is 66.4 cm³/mol. The second-order valence-electron chi connectivity index (χ2n) is 3.68. The molecule has 0 nitrogen and oxygen atoms in total. The first kappa shape index (κ1) is 19.7. The molecule has 0 saturated carbocycles. The summed E-state index contributed by atoms with van der Waals surface area (Å²) < 4.78 is 59.2. The molecule has 110 valence electrons. The topological polar surface area (TPSA) is 0 Å². The number of hydrogen-bond donors (Lipinski definition) is 0. The Balaban J connectivity index is 0. The Morgan fingerprint density at radius 2 is 0.824 bits per heavy atom. The van der Waals surface area contributed by atoms with Crippen molar-refractivity contribution in [2.75, 3.05) is 17.3 Å². The summed E-state index contributed by atoms with van der Waals surface area (Å²) in [7, 11) is -9.88. The van der Waals surface area contributed by atoms with Gasteiger partial charge in [-0.1, -0.05) is 20.8 Å². The summed E-state index contributed by atoms with van der Waals surface area (Å²) in [5.74, 6) is 4.42. The summed E-state index contributed by atoms with van der Waals surface area (Å²) in [6.07, 6.45) is 4.13. The summed E-state index contributed by atoms with van der Waals surface area (Å²) >= 11 is 0. The van der Waals surface area contributed by atoms with Crippen molar-refractivity contribution in [3.8, 4) is 0 Å². The monoisotopic (exact) mass is 306 g/mol. The molecule has 0 aromatic heterocycles. The average molecular weight is 306 g/mol. The van der Waals surface area contributed by atoms with Gasteiger partial charge in [-0.3, -0.25) is 0 Å². The van der Waals surface area contributed by atoms with E-state index < -0.39 is 7.81 Å². The minimum atomic E-state index is -10.7. The number of rotatable bonds is 6. The molecule has 0 aliphatic rings. The van der Waals surface area contributed by atoms with Crippen molar-refractivity contribution in [1.82, 2.24) is 0 Å². The molecule has 0 heterocycles. The van der Waals surface area contributed by atoms with Gasteiger partial charge in [0.15, 0.2) is 0 Å². The molecular formula is C9H21F6PS. The van der Waals surface area contributed by atoms with Crippen LogP contribution in [0.3, 0.4) is 0 Å². The van der Waals surface area contributed by atoms with E-state index in [9.17, 15) is 25.2 Å². The van der Waals surface area contributed by atoms with Crippen molar-refractivity contribution in [2.45, 2.75) is 40.0 Å². The van der Waals surface area contributed by atoms with Gasteiger partial charge >= 0.3 is 33.0 Å². The van der Waals surface area contributed by atoms with Gasteiger partial charge in [0, 0.05) is 0 Å². The van der Waals surface area contributed by atoms with Gasteiger partial charge in [0.05, 0.1) is 0 Å². The summed E-state index contributed by atoms with van der Waals surface area (Å²) in [6.45, 7) is 6.89. The number of halogens is 6. The van der Waals surface area contributed by atoms with Crippen LogP contribution < -0.4 is 0 Å². The third-order valence-corrected chi connectivity index (χ3v) is 4.44. The molecule has 0 aromatic rings. The molecule has 0 aliphatic heterocycles. The quantitative estimate of drug-likeness (QED) is 0.310. The van der Waals surface area contributed by atoms with E-state index in [0.717, 1.165) is 10.9 Å². The van der Waals surface area contributed by atoms with E-state index in [1.807, 2.05) is 0 Å². The van der Waals surface area contributed by atoms with Crippen molar-refractivity contribution in [3.05, 3.63) is 0 Å². The van der Waals surface area contributed by atoms with Gasteiger partial charge in [-0.05, 0) is 30.2 Å². The van der Waals surface area contributed by atoms with Crippen molar-refractivity contribution in [3.63, 3.8) is 0 Å². The van der Waals surface area contributed by atoms with Crippen LogP contribution in [0.4, 0.5) is 25.2 Å². The fraction of sp³-hybridized carbons (Fsp3) is 1.00. The van der Waals surface area contributed by atoms with Gasteiger partial charge in [-0.25, -0.2) is 0 Å². The van der Waals surface area contributed by atoms with E-state index >= 15 is 0 Å². The van der Waals surface area contributed by atoms with Crippen LogP contribution in [-0.4, -0.2) is 17.3 Å². The van der Waals surface area contributed by atoms with Crippen molar-refractivity contribution < 1.29 is 25.2 Å². The SMILES string of the molecule is CCC[S+](CCC)CCC.F[P-](F)(F)(F)(F)F. The molecule has 0 amide bonds. The van der Waals surface area contributed by atoms with Crippen LogP contribution in [0, 0.1) is 0 Å². The predicted octanol–water partition coefficient (Wildman–Crippen LogP) is 6.22. The molecule has 0 aliphatic carbocycles. The maximum atomic E-state index is 9.87. The van der Waals surface area contributed by atoms with Crippen LogP contribution in [0.25, 0.3) is 0 Å². The summed E-state index contributed by atoms with van der Waals surface area (Å²) in [5, 5.41) is 0. The number of hydrogen-bond acceptors (Lipinski definition) is 0. The average Bonchev–Trinajstić information content (AvgIpc) is 1.99. The van der Waals surface area contributed by atoms with Crippen molar-refractivity contribution >= 4 is 18.7 Å². The van der Waals surface area contributed by atoms with E-state index in [1.54, 1.807) is 0 Å². The van der Waals surface area contributed by atoms with E-state index in [4.69, 9.17) is 0 Å². The molecule has 17 heavy (non-hydrogen) atoms. The van der Waals surface area contributed by atoms with Gasteiger partial charge in [-0.2, -0.15) is 0 Å². The molecule has 8 heteroatoms. The second kappa shape index (κ2) is 6.50. The molecule has 0 atom stereocenters. The van der Waals surface area contributed by atoms with E-state index in [0.29, 0.717) is 0 Å². The molecular weight excluding hydrogens is 285 g/mol. The summed E-state index contributed by atoms with van der Waals surface area (Å²) in [6, 6.07) is 0. The Bertz CT molecular complexity index is 173. The zero-order valence-electron chi connectivity index (χ0n) is 10.4. The molecule has 0 fully saturated rings. The third kappa shape index (κ3) is 38.5. The zero-order valence-corrected chi connectivity index (χ0v) is 12.1. The summed E-state index contributed by atoms with van der Waals surface area (Å²) in [4.78, 5) is 0. The normalized spacial score (nSPS) is 15.9. The Morgan fingerprint density at radius 3 is 0.941 bits per heavy atom. The molecule has 0 saturated heterocycles. The van der Waals surface area contributed by atoms with Gasteiger partial charge < -0.3 is 0 Å². The van der Waals surface area contributed by atoms with Crippen LogP contribution >= 0.6 is 7.81 Å². The third-order valence-electron chi connectivity index (χ3n) is 1.48. The first-order chi connectivity index (χ1) is 7.30. The van der Waals surface area contributed by atoms with Crippen LogP contribution in [0.2, 0.25) is 0 Å². The van der Waals surface area contributed by atoms with Gasteiger partial charge in [0.2, 0.25) is 0 Å². The first-order valence-electron chi connectivity index (χ1n) is 5.50. The van der Waals surface area contributed by atoms with Crippen LogP contribution in [0.1, 0.15) is 40.0 Å². The maximum absolute atomic E-state index is 10.7. The Kier molecular flexibility index (Phi) is 7.54. The molecule has 0 N–H and O–H groups in total. The molecule has 0 radical (unpaired) electrons. The molecule has 0 bridgehead atoms. The standard InChI is InChI=1S/C9H21S.F6P/c1-4-7-10(8-5-2)9-6-3;1-7(2,3,4,5)6/h4-9H2,1-3H3;/q+1;-1. The van der Waals surface area contributed by atoms with Gasteiger partial charge in [0.25, 0.3) is 0 Å². The molecule has 0 rings (SSSR count). The Hall–Kier alpha value is 0.360. The Morgan fingerprint density at radius 1 is 0.647 bits per heavy atom. The van der Waals surface area contributed by atoms with Crippen molar-refractivity contribution in [2.24, 2.45) is 0 Å². The molecule has 0 spiro atoms. The van der Waals surface area contributed by atoms with E-state index in [2.05, 4.69) is 20.8 Å². The molecule has 0 unspecified atom stereocenters. The van der Waals surface area contributed by atoms with Crippen molar-refractivity contribution in [1.29, 1.82) is 0 Å². The van der Waals surface area contributed by atoms with Gasteiger partial charge in [-0.15, -0.1) is 0 Å². The van der Waals surface area contributed by atoms with E-state index in [-0.39, 0.29) is 0 Å². The minimum absolute atomic E-state index is 0.775. The first-order valence-corrected chi connectivity index (χ1v) is 9.26. The fourth-order valence-corrected chi connectivity index (χ4v) is 3.52. The van der Waals surface area contributed by atoms with Crippen LogP contribution in [-0.2, 0) is 10.9 Å². The second-order valence-corrected chi connectivity index (χ2v) is 8.05. The van der Waals surface area contributed by atoms with Crippen LogP contribution in [0.15, 0.2) is 0 Å². The van der Waals surface area contributed by atoms with Gasteiger partial charge in [0.1, 0.15) is 17.3 Å². The van der Waals surface area contributed by atoms with Crippen LogP contribution in [0.5, 0.6) is 0 Å². The summed E-state index contributed by atoms with van der Waals surface area (Å²) in [5.41, 5.74) is 0. The fourth-order valence-electron chi connectivity index (χ4n) is 1.17. The van der Waals surface area contributed by atoms with E-state index in [1.165, 1.54) is 36.5 Å².